The molecule has 19 heteroatoms. The maximum atomic E-state index is 12.8. The second-order valence-electron chi connectivity index (χ2n) is 13.3. The second kappa shape index (κ2) is 18.5. The molecule has 2 aromatic rings. The van der Waals surface area contributed by atoms with Crippen LogP contribution in [-0.4, -0.2) is 172 Å². The Labute approximate surface area is 315 Å². The van der Waals surface area contributed by atoms with Crippen molar-refractivity contribution in [2.24, 2.45) is 0 Å². The number of benzene rings is 2. The van der Waals surface area contributed by atoms with E-state index >= 15 is 0 Å². The highest BCUT2D eigenvalue weighted by Crippen LogP contribution is 2.35. The minimum atomic E-state index is -2.12. The van der Waals surface area contributed by atoms with Gasteiger partial charge in [0.05, 0.1) is 40.1 Å². The number of aliphatic hydroxyl groups is 7. The molecule has 0 saturated carbocycles. The molecule has 3 saturated heterocycles. The minimum Gasteiger partial charge on any atom is -0.504 e. The Bertz CT molecular complexity index is 1610. The van der Waals surface area contributed by atoms with Gasteiger partial charge in [0.15, 0.2) is 41.9 Å². The van der Waals surface area contributed by atoms with Crippen molar-refractivity contribution in [2.75, 3.05) is 40.6 Å². The summed E-state index contributed by atoms with van der Waals surface area (Å²) in [7, 11) is 2.76. The van der Waals surface area contributed by atoms with Crippen molar-refractivity contribution in [3.63, 3.8) is 0 Å². The molecular formula is C36H48O19. The van der Waals surface area contributed by atoms with E-state index in [0.717, 1.165) is 6.08 Å². The number of esters is 1. The first-order valence-electron chi connectivity index (χ1n) is 17.4. The number of rotatable bonds is 15. The van der Waals surface area contributed by atoms with Crippen molar-refractivity contribution in [3.8, 4) is 23.0 Å². The molecule has 0 unspecified atom stereocenters. The molecule has 0 amide bonds. The van der Waals surface area contributed by atoms with Gasteiger partial charge in [0.1, 0.15) is 61.0 Å². The highest BCUT2D eigenvalue weighted by atomic mass is 16.8. The molecule has 306 valence electrons. The summed E-state index contributed by atoms with van der Waals surface area (Å²) < 4.78 is 50.8. The summed E-state index contributed by atoms with van der Waals surface area (Å²) in [6.07, 6.45) is -16.5. The fraction of sp³-hybridized carbons (Fsp3) is 0.583. The summed E-state index contributed by atoms with van der Waals surface area (Å²) in [5, 5.41) is 94.4. The Balaban J connectivity index is 1.40. The molecule has 19 nitrogen and oxygen atoms in total. The number of carbonyl (C=O) groups excluding carboxylic acids is 1. The monoisotopic (exact) mass is 784 g/mol. The Hall–Kier alpha value is -3.67. The van der Waals surface area contributed by atoms with Crippen LogP contribution in [0.1, 0.15) is 18.1 Å². The van der Waals surface area contributed by atoms with E-state index in [1.807, 2.05) is 0 Å². The van der Waals surface area contributed by atoms with Crippen LogP contribution < -0.4 is 9.47 Å². The lowest BCUT2D eigenvalue weighted by molar-refractivity contribution is -0.375. The first kappa shape index (κ1) is 42.5. The lowest BCUT2D eigenvalue weighted by atomic mass is 9.96. The largest absolute Gasteiger partial charge is 0.504 e. The van der Waals surface area contributed by atoms with Gasteiger partial charge in [0, 0.05) is 6.08 Å². The van der Waals surface area contributed by atoms with Crippen molar-refractivity contribution >= 4 is 12.0 Å². The summed E-state index contributed by atoms with van der Waals surface area (Å²) in [6, 6.07) is 9.07. The number of methoxy groups -OCH3 is 2. The number of ether oxygens (including phenoxy) is 9. The van der Waals surface area contributed by atoms with Crippen LogP contribution in [0.4, 0.5) is 0 Å². The first-order chi connectivity index (χ1) is 26.2. The molecule has 0 bridgehead atoms. The van der Waals surface area contributed by atoms with Gasteiger partial charge in [0.25, 0.3) is 0 Å². The van der Waals surface area contributed by atoms with Crippen LogP contribution in [0.3, 0.4) is 0 Å². The third-order valence-corrected chi connectivity index (χ3v) is 9.51. The smallest absolute Gasteiger partial charge is 0.330 e. The van der Waals surface area contributed by atoms with E-state index in [1.54, 1.807) is 12.1 Å². The van der Waals surface area contributed by atoms with E-state index < -0.39 is 105 Å². The van der Waals surface area contributed by atoms with E-state index in [-0.39, 0.29) is 36.0 Å². The van der Waals surface area contributed by atoms with Gasteiger partial charge >= 0.3 is 5.97 Å². The lowest BCUT2D eigenvalue weighted by Crippen LogP contribution is -2.65. The fourth-order valence-corrected chi connectivity index (χ4v) is 6.17. The summed E-state index contributed by atoms with van der Waals surface area (Å²) in [5.41, 5.74) is -1.01. The minimum absolute atomic E-state index is 0.104. The van der Waals surface area contributed by atoms with E-state index in [1.165, 1.54) is 51.5 Å². The molecular weight excluding hydrogens is 736 g/mol. The molecule has 5 rings (SSSR count). The highest BCUT2D eigenvalue weighted by Gasteiger charge is 2.55. The molecule has 3 aliphatic rings. The molecule has 3 fully saturated rings. The number of phenolic OH excluding ortho intramolecular Hbond substituents is 2. The topological polar surface area (TPSA) is 282 Å². The van der Waals surface area contributed by atoms with Crippen LogP contribution in [0.15, 0.2) is 42.5 Å². The number of hydrogen-bond acceptors (Lipinski definition) is 19. The summed E-state index contributed by atoms with van der Waals surface area (Å²) in [4.78, 5) is 12.8. The van der Waals surface area contributed by atoms with Crippen LogP contribution in [0.25, 0.3) is 6.08 Å². The van der Waals surface area contributed by atoms with Crippen molar-refractivity contribution in [1.29, 1.82) is 0 Å². The molecule has 13 atom stereocenters. The molecule has 9 N–H and O–H groups in total. The number of carbonyl (C=O) groups is 1. The summed E-state index contributed by atoms with van der Waals surface area (Å²) in [5.74, 6) is -0.670. The Kier molecular flexibility index (Phi) is 14.3. The lowest BCUT2D eigenvalue weighted by Gasteiger charge is -2.47. The van der Waals surface area contributed by atoms with Gasteiger partial charge < -0.3 is 88.6 Å². The zero-order chi connectivity index (χ0) is 40.0. The van der Waals surface area contributed by atoms with Crippen molar-refractivity contribution in [2.45, 2.75) is 92.8 Å². The quantitative estimate of drug-likeness (QED) is 0.0701. The molecule has 0 aromatic heterocycles. The predicted octanol–water partition coefficient (Wildman–Crippen LogP) is -1.94. The van der Waals surface area contributed by atoms with Gasteiger partial charge in [-0.15, -0.1) is 0 Å². The van der Waals surface area contributed by atoms with Crippen LogP contribution >= 0.6 is 0 Å². The van der Waals surface area contributed by atoms with Gasteiger partial charge in [-0.05, 0) is 54.8 Å². The van der Waals surface area contributed by atoms with Crippen molar-refractivity contribution in [1.82, 2.24) is 0 Å². The maximum Gasteiger partial charge on any atom is 0.330 e. The van der Waals surface area contributed by atoms with Crippen molar-refractivity contribution in [3.05, 3.63) is 53.6 Å². The Morgan fingerprint density at radius 2 is 1.58 bits per heavy atom. The summed E-state index contributed by atoms with van der Waals surface area (Å²) in [6.45, 7) is -0.743. The Morgan fingerprint density at radius 1 is 0.855 bits per heavy atom. The van der Waals surface area contributed by atoms with Gasteiger partial charge in [-0.2, -0.15) is 0 Å². The zero-order valence-electron chi connectivity index (χ0n) is 30.2. The average molecular weight is 785 g/mol. The second-order valence-corrected chi connectivity index (χ2v) is 13.3. The number of phenols is 2. The van der Waals surface area contributed by atoms with Gasteiger partial charge in [-0.3, -0.25) is 0 Å². The molecule has 2 aromatic carbocycles. The molecule has 0 spiro atoms. The fourth-order valence-electron chi connectivity index (χ4n) is 6.17. The average Bonchev–Trinajstić information content (AvgIpc) is 3.46. The number of hydrogen-bond donors (Lipinski definition) is 9. The highest BCUT2D eigenvalue weighted by molar-refractivity contribution is 5.87. The predicted molar refractivity (Wildman–Crippen MR) is 184 cm³/mol. The van der Waals surface area contributed by atoms with Crippen LogP contribution in [0, 0.1) is 0 Å². The molecule has 0 aliphatic carbocycles. The van der Waals surface area contributed by atoms with Crippen LogP contribution in [0.2, 0.25) is 0 Å². The standard InChI is InChI=1S/C36H48O19/c1-17-26(41)28(43)29(44)33(52-17)54-30-27(42)24(14-50-25(40)9-6-18-4-7-20(38)23(13-18)48-3)53-34(31(30)55-35-32(45)36(46,15-37)16-51-35)49-11-10-19-5-8-22(47-2)21(39)12-19/h4-9,12-13,17,24,26-35,37-39,41-46H,10-11,14-16H2,1-3H3/b9-6+/t17-,24+,26-,27+,28+,29+,30-,31+,32-,33-,34+,35-,36+/m0/s1. The third-order valence-electron chi connectivity index (χ3n) is 9.51. The van der Waals surface area contributed by atoms with Crippen LogP contribution in [-0.2, 0) is 44.4 Å². The van der Waals surface area contributed by atoms with Gasteiger partial charge in [-0.25, -0.2) is 4.79 Å². The van der Waals surface area contributed by atoms with E-state index in [4.69, 9.17) is 42.6 Å². The molecule has 3 heterocycles. The number of aliphatic hydroxyl groups excluding tert-OH is 6. The summed E-state index contributed by atoms with van der Waals surface area (Å²) >= 11 is 0. The Morgan fingerprint density at radius 3 is 2.25 bits per heavy atom. The third kappa shape index (κ3) is 9.84. The SMILES string of the molecule is COc1ccc(CCO[C@@H]2O[C@H](COC(=O)/C=C/c3ccc(O)c(OC)c3)[C@@H](O)[C@H](O[C@@H]3O[C@@H](C)[C@H](O)[C@@H](O)[C@H]3O)[C@H]2O[C@@H]2OC[C@](O)(CO)[C@H]2O)cc1O. The van der Waals surface area contributed by atoms with E-state index in [9.17, 15) is 50.8 Å². The normalized spacial score (nSPS) is 35.2. The zero-order valence-corrected chi connectivity index (χ0v) is 30.2. The van der Waals surface area contributed by atoms with E-state index in [2.05, 4.69) is 0 Å². The number of aromatic hydroxyl groups is 2. The van der Waals surface area contributed by atoms with Crippen LogP contribution in [0.5, 0.6) is 23.0 Å². The van der Waals surface area contributed by atoms with Crippen molar-refractivity contribution < 1.29 is 93.4 Å². The van der Waals surface area contributed by atoms with Gasteiger partial charge in [-0.1, -0.05) is 12.1 Å². The first-order valence-corrected chi connectivity index (χ1v) is 17.4. The molecule has 0 radical (unpaired) electrons. The van der Waals surface area contributed by atoms with E-state index in [0.29, 0.717) is 11.1 Å². The van der Waals surface area contributed by atoms with Gasteiger partial charge in [0.2, 0.25) is 0 Å². The molecule has 55 heavy (non-hydrogen) atoms. The maximum absolute atomic E-state index is 12.8. The molecule has 3 aliphatic heterocycles.